The maximum absolute atomic E-state index is 12.3. The molecule has 1 aromatic heterocycles. The fourth-order valence-electron chi connectivity index (χ4n) is 2.31. The van der Waals surface area contributed by atoms with Gasteiger partial charge in [0.25, 0.3) is 0 Å². The van der Waals surface area contributed by atoms with Crippen molar-refractivity contribution in [1.82, 2.24) is 4.57 Å². The maximum Gasteiger partial charge on any atom is 0.341 e. The molecule has 0 amide bonds. The van der Waals surface area contributed by atoms with Crippen LogP contribution in [0.3, 0.4) is 0 Å². The summed E-state index contributed by atoms with van der Waals surface area (Å²) >= 11 is 2.08. The number of ether oxygens (including phenoxy) is 1. The zero-order valence-corrected chi connectivity index (χ0v) is 12.9. The highest BCUT2D eigenvalue weighted by atomic mass is 127. The molecule has 0 unspecified atom stereocenters. The van der Waals surface area contributed by atoms with E-state index in [4.69, 9.17) is 4.74 Å². The second-order valence-corrected chi connectivity index (χ2v) is 5.98. The molecule has 0 radical (unpaired) electrons. The Morgan fingerprint density at radius 3 is 2.70 bits per heavy atom. The summed E-state index contributed by atoms with van der Waals surface area (Å²) in [6.07, 6.45) is 3.47. The van der Waals surface area contributed by atoms with Gasteiger partial charge in [0, 0.05) is 23.7 Å². The van der Waals surface area contributed by atoms with Crippen molar-refractivity contribution in [2.75, 3.05) is 7.11 Å². The van der Waals surface area contributed by atoms with Gasteiger partial charge in [-0.05, 0) is 41.5 Å². The summed E-state index contributed by atoms with van der Waals surface area (Å²) in [5.74, 6) is -0.493. The largest absolute Gasteiger partial charge is 0.496 e. The minimum atomic E-state index is -1.18. The van der Waals surface area contributed by atoms with Gasteiger partial charge in [0.2, 0.25) is 5.43 Å². The van der Waals surface area contributed by atoms with E-state index in [0.717, 1.165) is 21.9 Å². The Bertz CT molecular complexity index is 777. The van der Waals surface area contributed by atoms with Gasteiger partial charge in [-0.1, -0.05) is 0 Å². The van der Waals surface area contributed by atoms with Gasteiger partial charge in [-0.15, -0.1) is 0 Å². The molecule has 2 aromatic rings. The van der Waals surface area contributed by atoms with E-state index in [1.54, 1.807) is 13.2 Å². The van der Waals surface area contributed by atoms with Gasteiger partial charge in [0.1, 0.15) is 11.3 Å². The van der Waals surface area contributed by atoms with Gasteiger partial charge in [0.15, 0.2) is 0 Å². The molecule has 3 rings (SSSR count). The van der Waals surface area contributed by atoms with Crippen LogP contribution in [0, 0.1) is 3.57 Å². The van der Waals surface area contributed by atoms with Gasteiger partial charge in [-0.2, -0.15) is 0 Å². The molecule has 20 heavy (non-hydrogen) atoms. The van der Waals surface area contributed by atoms with Crippen molar-refractivity contribution in [3.8, 4) is 5.75 Å². The number of nitrogens with zero attached hydrogens (tertiary/aromatic N) is 1. The number of aromatic carboxylic acids is 1. The number of rotatable bonds is 3. The van der Waals surface area contributed by atoms with Crippen LogP contribution in [0.5, 0.6) is 5.75 Å². The first-order valence-corrected chi connectivity index (χ1v) is 7.26. The molecule has 0 atom stereocenters. The van der Waals surface area contributed by atoms with Crippen LogP contribution in [0.1, 0.15) is 29.2 Å². The van der Waals surface area contributed by atoms with Crippen molar-refractivity contribution in [2.45, 2.75) is 18.9 Å². The topological polar surface area (TPSA) is 68.5 Å². The van der Waals surface area contributed by atoms with E-state index >= 15 is 0 Å². The lowest BCUT2D eigenvalue weighted by Gasteiger charge is -2.13. The first-order chi connectivity index (χ1) is 9.52. The van der Waals surface area contributed by atoms with Crippen LogP contribution in [-0.2, 0) is 0 Å². The lowest BCUT2D eigenvalue weighted by Crippen LogP contribution is -2.18. The first kappa shape index (κ1) is 13.4. The van der Waals surface area contributed by atoms with Crippen LogP contribution in [0.2, 0.25) is 0 Å². The molecule has 0 saturated heterocycles. The van der Waals surface area contributed by atoms with Crippen molar-refractivity contribution in [2.24, 2.45) is 0 Å². The number of pyridine rings is 1. The first-order valence-electron chi connectivity index (χ1n) is 6.18. The summed E-state index contributed by atoms with van der Waals surface area (Å²) in [6, 6.07) is 3.78. The monoisotopic (exact) mass is 385 g/mol. The highest BCUT2D eigenvalue weighted by Gasteiger charge is 2.27. The summed E-state index contributed by atoms with van der Waals surface area (Å²) in [5.41, 5.74) is 0.120. The summed E-state index contributed by atoms with van der Waals surface area (Å²) in [5, 5.41) is 9.61. The van der Waals surface area contributed by atoms with Gasteiger partial charge in [-0.25, -0.2) is 4.79 Å². The third-order valence-corrected chi connectivity index (χ3v) is 4.32. The molecule has 104 valence electrons. The molecule has 0 aliphatic heterocycles. The van der Waals surface area contributed by atoms with Crippen molar-refractivity contribution in [3.05, 3.63) is 37.7 Å². The number of hydrogen-bond acceptors (Lipinski definition) is 3. The van der Waals surface area contributed by atoms with E-state index in [2.05, 4.69) is 22.6 Å². The number of benzene rings is 1. The zero-order chi connectivity index (χ0) is 14.4. The van der Waals surface area contributed by atoms with Crippen molar-refractivity contribution < 1.29 is 14.6 Å². The average molecular weight is 385 g/mol. The molecule has 0 bridgehead atoms. The normalized spacial score (nSPS) is 14.5. The average Bonchev–Trinajstić information content (AvgIpc) is 3.23. The van der Waals surface area contributed by atoms with E-state index in [9.17, 15) is 14.7 Å². The standard InChI is InChI=1S/C14H12INO4/c1-20-12-5-11-8(4-10(12)15)13(17)9(14(18)19)6-16(11)7-2-3-7/h4-7H,2-3H2,1H3,(H,18,19). The second-order valence-electron chi connectivity index (χ2n) is 4.82. The summed E-state index contributed by atoms with van der Waals surface area (Å²) < 4.78 is 7.97. The van der Waals surface area contributed by atoms with Crippen LogP contribution in [0.15, 0.2) is 23.1 Å². The lowest BCUT2D eigenvalue weighted by molar-refractivity contribution is 0.0695. The Balaban J connectivity index is 2.42. The van der Waals surface area contributed by atoms with Crippen LogP contribution in [0.25, 0.3) is 10.9 Å². The minimum Gasteiger partial charge on any atom is -0.496 e. The van der Waals surface area contributed by atoms with E-state index in [-0.39, 0.29) is 11.6 Å². The number of halogens is 1. The molecule has 1 aliphatic rings. The number of carboxylic acids is 1. The Labute approximate surface area is 128 Å². The summed E-state index contributed by atoms with van der Waals surface area (Å²) in [6.45, 7) is 0. The Hall–Kier alpha value is -1.57. The van der Waals surface area contributed by atoms with E-state index in [1.807, 2.05) is 10.6 Å². The maximum atomic E-state index is 12.3. The Morgan fingerprint density at radius 1 is 1.45 bits per heavy atom. The molecule has 0 spiro atoms. The van der Waals surface area contributed by atoms with Gasteiger partial charge in [0.05, 0.1) is 16.2 Å². The van der Waals surface area contributed by atoms with Crippen molar-refractivity contribution in [3.63, 3.8) is 0 Å². The minimum absolute atomic E-state index is 0.176. The zero-order valence-electron chi connectivity index (χ0n) is 10.7. The Kier molecular flexibility index (Phi) is 3.19. The van der Waals surface area contributed by atoms with Crippen LogP contribution in [0.4, 0.5) is 0 Å². The fraction of sp³-hybridized carbons (Fsp3) is 0.286. The number of hydrogen-bond donors (Lipinski definition) is 1. The van der Waals surface area contributed by atoms with Gasteiger partial charge < -0.3 is 14.4 Å². The molecular weight excluding hydrogens is 373 g/mol. The summed E-state index contributed by atoms with van der Waals surface area (Å²) in [7, 11) is 1.58. The molecule has 1 fully saturated rings. The number of carboxylic acid groups (broad SMARTS) is 1. The number of aromatic nitrogens is 1. The second kappa shape index (κ2) is 4.76. The van der Waals surface area contributed by atoms with E-state index in [1.165, 1.54) is 6.20 Å². The Morgan fingerprint density at radius 2 is 2.15 bits per heavy atom. The quantitative estimate of drug-likeness (QED) is 0.826. The molecular formula is C14H12INO4. The molecule has 6 heteroatoms. The van der Waals surface area contributed by atoms with Crippen LogP contribution >= 0.6 is 22.6 Å². The smallest absolute Gasteiger partial charge is 0.341 e. The van der Waals surface area contributed by atoms with Crippen molar-refractivity contribution in [1.29, 1.82) is 0 Å². The number of carbonyl (C=O) groups is 1. The molecule has 1 N–H and O–H groups in total. The highest BCUT2D eigenvalue weighted by Crippen LogP contribution is 2.38. The van der Waals surface area contributed by atoms with Crippen molar-refractivity contribution >= 4 is 39.5 Å². The van der Waals surface area contributed by atoms with Crippen LogP contribution in [-0.4, -0.2) is 22.8 Å². The van der Waals surface area contributed by atoms with E-state index in [0.29, 0.717) is 11.1 Å². The van der Waals surface area contributed by atoms with Gasteiger partial charge >= 0.3 is 5.97 Å². The molecule has 1 aliphatic carbocycles. The predicted octanol–water partition coefficient (Wildman–Crippen LogP) is 2.65. The van der Waals surface area contributed by atoms with E-state index < -0.39 is 11.4 Å². The molecule has 1 aromatic carbocycles. The molecule has 1 saturated carbocycles. The lowest BCUT2D eigenvalue weighted by atomic mass is 10.1. The fourth-order valence-corrected chi connectivity index (χ4v) is 3.00. The molecule has 1 heterocycles. The molecule has 5 nitrogen and oxygen atoms in total. The van der Waals surface area contributed by atoms with Crippen LogP contribution < -0.4 is 10.2 Å². The highest BCUT2D eigenvalue weighted by molar-refractivity contribution is 14.1. The third-order valence-electron chi connectivity index (χ3n) is 3.48. The summed E-state index contributed by atoms with van der Waals surface area (Å²) in [4.78, 5) is 23.5. The number of methoxy groups -OCH3 is 1. The third kappa shape index (κ3) is 2.07. The predicted molar refractivity (Wildman–Crippen MR) is 82.7 cm³/mol. The van der Waals surface area contributed by atoms with Gasteiger partial charge in [-0.3, -0.25) is 4.79 Å². The number of fused-ring (bicyclic) bond motifs is 1. The SMILES string of the molecule is COc1cc2c(cc1I)c(=O)c(C(=O)O)cn2C1CC1.